The third-order valence-corrected chi connectivity index (χ3v) is 3.59. The van der Waals surface area contributed by atoms with E-state index in [4.69, 9.17) is 0 Å². The summed E-state index contributed by atoms with van der Waals surface area (Å²) in [5.74, 6) is 0. The fourth-order valence-electron chi connectivity index (χ4n) is 1.92. The fraction of sp³-hybridized carbons (Fsp3) is 0.667. The van der Waals surface area contributed by atoms with Crippen molar-refractivity contribution in [1.82, 2.24) is 30.2 Å². The van der Waals surface area contributed by atoms with Crippen molar-refractivity contribution in [3.63, 3.8) is 0 Å². The Hall–Kier alpha value is -1.72. The summed E-state index contributed by atoms with van der Waals surface area (Å²) in [6.07, 6.45) is 7.37. The zero-order valence-electron chi connectivity index (χ0n) is 11.4. The van der Waals surface area contributed by atoms with Gasteiger partial charge in [0, 0.05) is 11.0 Å². The molecule has 98 valence electrons. The Labute approximate surface area is 107 Å². The zero-order chi connectivity index (χ0) is 13.2. The molecule has 2 aromatic heterocycles. The first kappa shape index (κ1) is 12.7. The van der Waals surface area contributed by atoms with Crippen LogP contribution in [0.4, 0.5) is 0 Å². The normalized spacial score (nSPS) is 12.9. The van der Waals surface area contributed by atoms with Crippen LogP contribution < -0.4 is 0 Å². The summed E-state index contributed by atoms with van der Waals surface area (Å²) in [5.41, 5.74) is 1.02. The van der Waals surface area contributed by atoms with Crippen LogP contribution in [0.25, 0.3) is 0 Å². The van der Waals surface area contributed by atoms with E-state index in [0.717, 1.165) is 18.5 Å². The highest BCUT2D eigenvalue weighted by Gasteiger charge is 2.28. The van der Waals surface area contributed by atoms with Gasteiger partial charge in [0.1, 0.15) is 12.7 Å². The maximum absolute atomic E-state index is 4.18. The van der Waals surface area contributed by atoms with Crippen molar-refractivity contribution in [3.8, 4) is 0 Å². The summed E-state index contributed by atoms with van der Waals surface area (Å²) in [7, 11) is 0. The molecule has 0 unspecified atom stereocenters. The maximum atomic E-state index is 4.18. The van der Waals surface area contributed by atoms with Crippen LogP contribution in [0, 0.1) is 0 Å². The van der Waals surface area contributed by atoms with Crippen molar-refractivity contribution in [2.24, 2.45) is 0 Å². The highest BCUT2D eigenvalue weighted by atomic mass is 15.3. The lowest BCUT2D eigenvalue weighted by atomic mass is 9.81. The van der Waals surface area contributed by atoms with Crippen LogP contribution in [-0.2, 0) is 11.0 Å². The summed E-state index contributed by atoms with van der Waals surface area (Å²) in [5, 5.41) is 18.5. The number of nitrogens with zero attached hydrogens (tertiary/aromatic N) is 5. The lowest BCUT2D eigenvalue weighted by Gasteiger charge is -2.30. The van der Waals surface area contributed by atoms with E-state index in [1.807, 2.05) is 4.57 Å². The smallest absolute Gasteiger partial charge is 0.119 e. The molecule has 2 rings (SSSR count). The minimum Gasteiger partial charge on any atom is -0.315 e. The van der Waals surface area contributed by atoms with E-state index in [-0.39, 0.29) is 11.0 Å². The van der Waals surface area contributed by atoms with Gasteiger partial charge in [0.2, 0.25) is 0 Å². The molecule has 18 heavy (non-hydrogen) atoms. The second-order valence-corrected chi connectivity index (χ2v) is 5.92. The monoisotopic (exact) mass is 248 g/mol. The van der Waals surface area contributed by atoms with E-state index in [2.05, 4.69) is 53.3 Å². The fourth-order valence-corrected chi connectivity index (χ4v) is 1.92. The second kappa shape index (κ2) is 4.51. The molecular formula is C12H20N6. The highest BCUT2D eigenvalue weighted by molar-refractivity contribution is 5.08. The standard InChI is InChI=1S/C12H20N6/c1-11(2,10-7-13-17-16-10)5-6-12(3,4)18-8-14-15-9-18/h7-9H,5-6H2,1-4H3,(H,13,16,17). The molecular weight excluding hydrogens is 228 g/mol. The van der Waals surface area contributed by atoms with Gasteiger partial charge in [0.25, 0.3) is 0 Å². The predicted molar refractivity (Wildman–Crippen MR) is 68.0 cm³/mol. The molecule has 0 atom stereocenters. The number of hydrogen-bond acceptors (Lipinski definition) is 4. The van der Waals surface area contributed by atoms with Crippen LogP contribution in [0.5, 0.6) is 0 Å². The van der Waals surface area contributed by atoms with Crippen LogP contribution in [0.3, 0.4) is 0 Å². The van der Waals surface area contributed by atoms with E-state index < -0.39 is 0 Å². The molecule has 2 heterocycles. The Morgan fingerprint density at radius 2 is 1.78 bits per heavy atom. The van der Waals surface area contributed by atoms with Crippen LogP contribution >= 0.6 is 0 Å². The van der Waals surface area contributed by atoms with Crippen LogP contribution in [0.15, 0.2) is 18.9 Å². The third kappa shape index (κ3) is 2.57. The SMILES string of the molecule is CC(C)(CCC(C)(C)n1cnnc1)c1cn[nH]n1. The molecule has 0 amide bonds. The summed E-state index contributed by atoms with van der Waals surface area (Å²) >= 11 is 0. The topological polar surface area (TPSA) is 72.3 Å². The van der Waals surface area contributed by atoms with E-state index >= 15 is 0 Å². The molecule has 1 N–H and O–H groups in total. The van der Waals surface area contributed by atoms with Gasteiger partial charge in [-0.05, 0) is 26.7 Å². The number of aromatic amines is 1. The molecule has 0 aliphatic heterocycles. The van der Waals surface area contributed by atoms with E-state index in [0.29, 0.717) is 0 Å². The molecule has 0 fully saturated rings. The van der Waals surface area contributed by atoms with Gasteiger partial charge in [-0.1, -0.05) is 13.8 Å². The van der Waals surface area contributed by atoms with Gasteiger partial charge in [-0.2, -0.15) is 15.4 Å². The number of rotatable bonds is 5. The summed E-state index contributed by atoms with van der Waals surface area (Å²) < 4.78 is 2.05. The minimum absolute atomic E-state index is 0.00447. The number of H-pyrrole nitrogens is 1. The van der Waals surface area contributed by atoms with Crippen molar-refractivity contribution in [2.75, 3.05) is 0 Å². The van der Waals surface area contributed by atoms with Crippen molar-refractivity contribution in [3.05, 3.63) is 24.5 Å². The first-order chi connectivity index (χ1) is 8.42. The van der Waals surface area contributed by atoms with Gasteiger partial charge in [-0.15, -0.1) is 10.2 Å². The molecule has 0 aromatic carbocycles. The van der Waals surface area contributed by atoms with E-state index in [1.54, 1.807) is 18.9 Å². The molecule has 0 saturated carbocycles. The number of aromatic nitrogens is 6. The molecule has 0 spiro atoms. The quantitative estimate of drug-likeness (QED) is 0.877. The van der Waals surface area contributed by atoms with E-state index in [1.165, 1.54) is 0 Å². The lowest BCUT2D eigenvalue weighted by molar-refractivity contribution is 0.281. The average molecular weight is 248 g/mol. The van der Waals surface area contributed by atoms with Gasteiger partial charge < -0.3 is 4.57 Å². The largest absolute Gasteiger partial charge is 0.315 e. The van der Waals surface area contributed by atoms with Gasteiger partial charge >= 0.3 is 0 Å². The lowest BCUT2D eigenvalue weighted by Crippen LogP contribution is -2.29. The first-order valence-electron chi connectivity index (χ1n) is 6.13. The molecule has 2 aromatic rings. The van der Waals surface area contributed by atoms with Gasteiger partial charge in [0.15, 0.2) is 0 Å². The van der Waals surface area contributed by atoms with Crippen molar-refractivity contribution in [2.45, 2.75) is 51.5 Å². The molecule has 0 bridgehead atoms. The Bertz CT molecular complexity index is 422. The number of hydrogen-bond donors (Lipinski definition) is 1. The van der Waals surface area contributed by atoms with Gasteiger partial charge in [-0.25, -0.2) is 0 Å². The van der Waals surface area contributed by atoms with Crippen molar-refractivity contribution < 1.29 is 0 Å². The second-order valence-electron chi connectivity index (χ2n) is 5.92. The number of nitrogens with one attached hydrogen (secondary N) is 1. The van der Waals surface area contributed by atoms with Crippen molar-refractivity contribution in [1.29, 1.82) is 0 Å². The Balaban J connectivity index is 2.03. The molecule has 0 radical (unpaired) electrons. The predicted octanol–water partition coefficient (Wildman–Crippen LogP) is 1.89. The van der Waals surface area contributed by atoms with Crippen LogP contribution in [0.1, 0.15) is 46.2 Å². The molecule has 0 aliphatic rings. The summed E-state index contributed by atoms with van der Waals surface area (Å²) in [6.45, 7) is 8.75. The average Bonchev–Trinajstić information content (AvgIpc) is 2.99. The van der Waals surface area contributed by atoms with Crippen molar-refractivity contribution >= 4 is 0 Å². The van der Waals surface area contributed by atoms with Gasteiger partial charge in [-0.3, -0.25) is 0 Å². The zero-order valence-corrected chi connectivity index (χ0v) is 11.4. The Kier molecular flexibility index (Phi) is 3.19. The Morgan fingerprint density at radius 3 is 2.33 bits per heavy atom. The first-order valence-corrected chi connectivity index (χ1v) is 6.13. The molecule has 6 nitrogen and oxygen atoms in total. The minimum atomic E-state index is 0.00447. The van der Waals surface area contributed by atoms with Gasteiger partial charge in [0.05, 0.1) is 11.9 Å². The van der Waals surface area contributed by atoms with E-state index in [9.17, 15) is 0 Å². The summed E-state index contributed by atoms with van der Waals surface area (Å²) in [6, 6.07) is 0. The molecule has 6 heteroatoms. The molecule has 0 aliphatic carbocycles. The maximum Gasteiger partial charge on any atom is 0.119 e. The van der Waals surface area contributed by atoms with Crippen LogP contribution in [0.2, 0.25) is 0 Å². The van der Waals surface area contributed by atoms with Crippen LogP contribution in [-0.4, -0.2) is 30.2 Å². The Morgan fingerprint density at radius 1 is 1.11 bits per heavy atom. The third-order valence-electron chi connectivity index (χ3n) is 3.59. The highest BCUT2D eigenvalue weighted by Crippen LogP contribution is 2.31. The summed E-state index contributed by atoms with van der Waals surface area (Å²) in [4.78, 5) is 0. The molecule has 0 saturated heterocycles.